The van der Waals surface area contributed by atoms with Gasteiger partial charge in [0.2, 0.25) is 15.9 Å². The predicted octanol–water partition coefficient (Wildman–Crippen LogP) is 3.42. The van der Waals surface area contributed by atoms with Crippen LogP contribution < -0.4 is 5.32 Å². The molecule has 1 N–H and O–H groups in total. The van der Waals surface area contributed by atoms with Crippen molar-refractivity contribution in [2.45, 2.75) is 65.4 Å². The van der Waals surface area contributed by atoms with Crippen LogP contribution in [0.15, 0.2) is 35.4 Å². The van der Waals surface area contributed by atoms with Crippen LogP contribution in [0.25, 0.3) is 0 Å². The van der Waals surface area contributed by atoms with Gasteiger partial charge >= 0.3 is 0 Å². The van der Waals surface area contributed by atoms with Crippen LogP contribution in [0.2, 0.25) is 0 Å². The number of hydrogen-bond donors (Lipinski definition) is 1. The standard InChI is InChI=1S/C25H34N6O3S/c1-6-29-16-23(18(3)27-29)35(33,34)30-13-7-8-22(15-30)25(32)26-24-19(4)28-31(20(24)5)14-21-11-9-17(2)10-12-21/h9-12,16,22H,6-8,13-15H2,1-5H3,(H,26,32). The Kier molecular flexibility index (Phi) is 7.14. The summed E-state index contributed by atoms with van der Waals surface area (Å²) in [7, 11) is -3.72. The molecular weight excluding hydrogens is 464 g/mol. The molecule has 3 aromatic rings. The predicted molar refractivity (Wildman–Crippen MR) is 135 cm³/mol. The van der Waals surface area contributed by atoms with Crippen molar-refractivity contribution in [3.63, 3.8) is 0 Å². The van der Waals surface area contributed by atoms with E-state index >= 15 is 0 Å². The Hall–Kier alpha value is -2.98. The molecule has 1 unspecified atom stereocenters. The Labute approximate surface area is 207 Å². The fourth-order valence-corrected chi connectivity index (χ4v) is 6.24. The summed E-state index contributed by atoms with van der Waals surface area (Å²) in [4.78, 5) is 13.4. The summed E-state index contributed by atoms with van der Waals surface area (Å²) in [6.45, 7) is 11.2. The second kappa shape index (κ2) is 9.94. The first-order valence-corrected chi connectivity index (χ1v) is 13.5. The third-order valence-corrected chi connectivity index (χ3v) is 8.65. The molecule has 2 aromatic heterocycles. The Morgan fingerprint density at radius 3 is 2.46 bits per heavy atom. The number of rotatable bonds is 7. The van der Waals surface area contributed by atoms with Gasteiger partial charge in [0, 0.05) is 25.8 Å². The molecule has 1 fully saturated rings. The molecule has 3 heterocycles. The quantitative estimate of drug-likeness (QED) is 0.538. The molecule has 4 rings (SSSR count). The van der Waals surface area contributed by atoms with E-state index in [1.807, 2.05) is 25.5 Å². The van der Waals surface area contributed by atoms with E-state index in [0.717, 1.165) is 17.0 Å². The minimum atomic E-state index is -3.72. The van der Waals surface area contributed by atoms with Crippen molar-refractivity contribution in [2.24, 2.45) is 5.92 Å². The highest BCUT2D eigenvalue weighted by atomic mass is 32.2. The number of aryl methyl sites for hydroxylation is 4. The summed E-state index contributed by atoms with van der Waals surface area (Å²) in [5.41, 5.74) is 5.12. The Bertz CT molecular complexity index is 1320. The number of aromatic nitrogens is 4. The van der Waals surface area contributed by atoms with Gasteiger partial charge in [-0.3, -0.25) is 14.2 Å². The lowest BCUT2D eigenvalue weighted by atomic mass is 9.98. The van der Waals surface area contributed by atoms with E-state index < -0.39 is 15.9 Å². The molecule has 1 saturated heterocycles. The summed E-state index contributed by atoms with van der Waals surface area (Å²) in [6, 6.07) is 8.29. The van der Waals surface area contributed by atoms with Crippen LogP contribution in [-0.2, 0) is 27.9 Å². The first-order valence-electron chi connectivity index (χ1n) is 12.0. The average Bonchev–Trinajstić information content (AvgIpc) is 3.35. The van der Waals surface area contributed by atoms with Gasteiger partial charge in [0.05, 0.1) is 35.2 Å². The summed E-state index contributed by atoms with van der Waals surface area (Å²) in [5.74, 6) is -0.605. The minimum Gasteiger partial charge on any atom is -0.323 e. The van der Waals surface area contributed by atoms with E-state index in [4.69, 9.17) is 0 Å². The van der Waals surface area contributed by atoms with Gasteiger partial charge < -0.3 is 5.32 Å². The van der Waals surface area contributed by atoms with Gasteiger partial charge in [-0.1, -0.05) is 29.8 Å². The molecule has 0 saturated carbocycles. The Balaban J connectivity index is 1.48. The monoisotopic (exact) mass is 498 g/mol. The average molecular weight is 499 g/mol. The minimum absolute atomic E-state index is 0.153. The molecule has 9 nitrogen and oxygen atoms in total. The Morgan fingerprint density at radius 1 is 1.09 bits per heavy atom. The molecule has 0 bridgehead atoms. The number of hydrogen-bond acceptors (Lipinski definition) is 5. The van der Waals surface area contributed by atoms with Crippen LogP contribution in [-0.4, -0.2) is 51.3 Å². The van der Waals surface area contributed by atoms with Crippen molar-refractivity contribution in [3.8, 4) is 0 Å². The lowest BCUT2D eigenvalue weighted by molar-refractivity contribution is -0.120. The van der Waals surface area contributed by atoms with Gasteiger partial charge in [-0.25, -0.2) is 8.42 Å². The zero-order valence-corrected chi connectivity index (χ0v) is 21.9. The fourth-order valence-electron chi connectivity index (χ4n) is 4.55. The van der Waals surface area contributed by atoms with E-state index in [-0.39, 0.29) is 17.3 Å². The van der Waals surface area contributed by atoms with Crippen LogP contribution >= 0.6 is 0 Å². The molecule has 1 aromatic carbocycles. The first kappa shape index (κ1) is 25.1. The second-order valence-electron chi connectivity index (χ2n) is 9.31. The van der Waals surface area contributed by atoms with Crippen LogP contribution in [0.1, 0.15) is 48.0 Å². The number of sulfonamides is 1. The number of benzene rings is 1. The zero-order valence-electron chi connectivity index (χ0n) is 21.1. The van der Waals surface area contributed by atoms with Crippen molar-refractivity contribution < 1.29 is 13.2 Å². The van der Waals surface area contributed by atoms with Crippen LogP contribution in [0.4, 0.5) is 5.69 Å². The van der Waals surface area contributed by atoms with Crippen LogP contribution in [0.3, 0.4) is 0 Å². The van der Waals surface area contributed by atoms with Gasteiger partial charge in [-0.05, 0) is 53.0 Å². The summed E-state index contributed by atoms with van der Waals surface area (Å²) < 4.78 is 31.5. The molecule has 35 heavy (non-hydrogen) atoms. The maximum Gasteiger partial charge on any atom is 0.246 e. The SMILES string of the molecule is CCn1cc(S(=O)(=O)N2CCCC(C(=O)Nc3c(C)nn(Cc4ccc(C)cc4)c3C)C2)c(C)n1. The molecule has 1 atom stereocenters. The summed E-state index contributed by atoms with van der Waals surface area (Å²) >= 11 is 0. The van der Waals surface area contributed by atoms with E-state index in [1.165, 1.54) is 9.87 Å². The summed E-state index contributed by atoms with van der Waals surface area (Å²) in [6.07, 6.45) is 2.84. The van der Waals surface area contributed by atoms with Gasteiger partial charge in [-0.2, -0.15) is 14.5 Å². The molecule has 1 aliphatic rings. The van der Waals surface area contributed by atoms with Crippen molar-refractivity contribution in [1.82, 2.24) is 23.9 Å². The normalized spacial score (nSPS) is 17.0. The maximum atomic E-state index is 13.3. The third kappa shape index (κ3) is 5.18. The zero-order chi connectivity index (χ0) is 25.3. The largest absolute Gasteiger partial charge is 0.323 e. The maximum absolute atomic E-state index is 13.3. The summed E-state index contributed by atoms with van der Waals surface area (Å²) in [5, 5.41) is 11.9. The number of nitrogens with one attached hydrogen (secondary N) is 1. The van der Waals surface area contributed by atoms with Crippen LogP contribution in [0.5, 0.6) is 0 Å². The fraction of sp³-hybridized carbons (Fsp3) is 0.480. The van der Waals surface area contributed by atoms with Crippen molar-refractivity contribution in [2.75, 3.05) is 18.4 Å². The number of anilines is 1. The number of amides is 1. The highest BCUT2D eigenvalue weighted by molar-refractivity contribution is 7.89. The van der Waals surface area contributed by atoms with Gasteiger partial charge in [0.15, 0.2) is 0 Å². The highest BCUT2D eigenvalue weighted by Crippen LogP contribution is 2.27. The highest BCUT2D eigenvalue weighted by Gasteiger charge is 2.35. The Morgan fingerprint density at radius 2 is 1.80 bits per heavy atom. The lowest BCUT2D eigenvalue weighted by Gasteiger charge is -2.31. The molecule has 0 spiro atoms. The van der Waals surface area contributed by atoms with Crippen molar-refractivity contribution >= 4 is 21.6 Å². The smallest absolute Gasteiger partial charge is 0.246 e. The van der Waals surface area contributed by atoms with Gasteiger partial charge in [0.1, 0.15) is 4.90 Å². The third-order valence-electron chi connectivity index (χ3n) is 6.68. The van der Waals surface area contributed by atoms with E-state index in [0.29, 0.717) is 43.9 Å². The molecule has 188 valence electrons. The number of nitrogens with zero attached hydrogens (tertiary/aromatic N) is 5. The number of carbonyl (C=O) groups excluding carboxylic acids is 1. The van der Waals surface area contributed by atoms with Crippen molar-refractivity contribution in [3.05, 3.63) is 58.7 Å². The van der Waals surface area contributed by atoms with Gasteiger partial charge in [-0.15, -0.1) is 0 Å². The molecule has 1 amide bonds. The molecule has 0 radical (unpaired) electrons. The first-order chi connectivity index (χ1) is 16.6. The second-order valence-corrected chi connectivity index (χ2v) is 11.2. The molecule has 0 aliphatic carbocycles. The van der Waals surface area contributed by atoms with E-state index in [2.05, 4.69) is 46.7 Å². The van der Waals surface area contributed by atoms with E-state index in [1.54, 1.807) is 17.8 Å². The lowest BCUT2D eigenvalue weighted by Crippen LogP contribution is -2.43. The number of carbonyl (C=O) groups is 1. The van der Waals surface area contributed by atoms with E-state index in [9.17, 15) is 13.2 Å². The van der Waals surface area contributed by atoms with Crippen LogP contribution in [0, 0.1) is 33.6 Å². The number of piperidine rings is 1. The van der Waals surface area contributed by atoms with Gasteiger partial charge in [0.25, 0.3) is 0 Å². The molecule has 10 heteroatoms. The molecule has 1 aliphatic heterocycles. The van der Waals surface area contributed by atoms with Crippen molar-refractivity contribution in [1.29, 1.82) is 0 Å². The topological polar surface area (TPSA) is 102 Å². The molecular formula is C25H34N6O3S.